The zero-order valence-corrected chi connectivity index (χ0v) is 6.07. The second-order valence-electron chi connectivity index (χ2n) is 2.20. The highest BCUT2D eigenvalue weighted by Gasteiger charge is 2.06. The van der Waals surface area contributed by atoms with Gasteiger partial charge in [0.25, 0.3) is 0 Å². The summed E-state index contributed by atoms with van der Waals surface area (Å²) in [5, 5.41) is 26.9. The first-order valence-corrected chi connectivity index (χ1v) is 3.19. The summed E-state index contributed by atoms with van der Waals surface area (Å²) in [5.41, 5.74) is 0.665. The first kappa shape index (κ1) is 7.72. The normalized spacial score (nSPS) is 9.91. The molecular formula is C8H9O3. The first-order chi connectivity index (χ1) is 5.15. The smallest absolute Gasteiger partial charge is 0.200 e. The molecule has 0 saturated heterocycles. The summed E-state index contributed by atoms with van der Waals surface area (Å²) in [7, 11) is 0. The Bertz CT molecular complexity index is 245. The topological polar surface area (TPSA) is 60.7 Å². The predicted octanol–water partition coefficient (Wildman–Crippen LogP) is 1.38. The third kappa shape index (κ3) is 1.37. The van der Waals surface area contributed by atoms with E-state index in [1.54, 1.807) is 13.3 Å². The molecule has 0 saturated carbocycles. The van der Waals surface area contributed by atoms with Crippen molar-refractivity contribution in [3.63, 3.8) is 0 Å². The molecule has 3 N–H and O–H groups in total. The third-order valence-corrected chi connectivity index (χ3v) is 1.43. The molecule has 1 aromatic carbocycles. The zero-order valence-electron chi connectivity index (χ0n) is 6.07. The summed E-state index contributed by atoms with van der Waals surface area (Å²) in [6.45, 7) is 1.77. The lowest BCUT2D eigenvalue weighted by Crippen LogP contribution is -1.78. The van der Waals surface area contributed by atoms with Crippen LogP contribution in [-0.2, 0) is 0 Å². The van der Waals surface area contributed by atoms with Gasteiger partial charge in [0, 0.05) is 0 Å². The van der Waals surface area contributed by atoms with Gasteiger partial charge in [-0.3, -0.25) is 0 Å². The number of phenols is 3. The molecule has 3 heteroatoms. The van der Waals surface area contributed by atoms with Crippen LogP contribution < -0.4 is 0 Å². The number of rotatable bonds is 1. The standard InChI is InChI=1S/C8H9O3/c1-2-5-3-6(9)8(11)7(10)4-5/h2-4,9-11H,1H3. The van der Waals surface area contributed by atoms with Crippen LogP contribution >= 0.6 is 0 Å². The van der Waals surface area contributed by atoms with Crippen molar-refractivity contribution >= 4 is 0 Å². The van der Waals surface area contributed by atoms with Crippen LogP contribution in [-0.4, -0.2) is 15.3 Å². The van der Waals surface area contributed by atoms with Crippen molar-refractivity contribution in [2.24, 2.45) is 0 Å². The summed E-state index contributed by atoms with van der Waals surface area (Å²) in [5.74, 6) is -1.09. The summed E-state index contributed by atoms with van der Waals surface area (Å²) in [4.78, 5) is 0. The van der Waals surface area contributed by atoms with Gasteiger partial charge in [-0.2, -0.15) is 0 Å². The van der Waals surface area contributed by atoms with Gasteiger partial charge in [-0.05, 0) is 24.1 Å². The third-order valence-electron chi connectivity index (χ3n) is 1.43. The van der Waals surface area contributed by atoms with Crippen molar-refractivity contribution in [2.75, 3.05) is 0 Å². The largest absolute Gasteiger partial charge is 0.504 e. The van der Waals surface area contributed by atoms with Crippen molar-refractivity contribution in [3.8, 4) is 17.2 Å². The van der Waals surface area contributed by atoms with Gasteiger partial charge in [0.1, 0.15) is 0 Å². The van der Waals surface area contributed by atoms with E-state index in [9.17, 15) is 0 Å². The minimum absolute atomic E-state index is 0.307. The average molecular weight is 153 g/mol. The monoisotopic (exact) mass is 153 g/mol. The van der Waals surface area contributed by atoms with E-state index < -0.39 is 5.75 Å². The van der Waals surface area contributed by atoms with Crippen LogP contribution in [0.4, 0.5) is 0 Å². The second-order valence-corrected chi connectivity index (χ2v) is 2.20. The van der Waals surface area contributed by atoms with Crippen molar-refractivity contribution in [2.45, 2.75) is 6.92 Å². The Morgan fingerprint density at radius 1 is 1.09 bits per heavy atom. The molecule has 0 spiro atoms. The molecule has 0 bridgehead atoms. The van der Waals surface area contributed by atoms with Crippen LogP contribution in [0.25, 0.3) is 0 Å². The molecule has 0 atom stereocenters. The zero-order chi connectivity index (χ0) is 8.43. The van der Waals surface area contributed by atoms with Gasteiger partial charge in [0.2, 0.25) is 0 Å². The van der Waals surface area contributed by atoms with Crippen LogP contribution in [0.2, 0.25) is 0 Å². The number of hydrogen-bond donors (Lipinski definition) is 3. The molecule has 0 unspecified atom stereocenters. The fraction of sp³-hybridized carbons (Fsp3) is 0.125. The lowest BCUT2D eigenvalue weighted by Gasteiger charge is -2.02. The van der Waals surface area contributed by atoms with Crippen LogP contribution in [0.3, 0.4) is 0 Å². The van der Waals surface area contributed by atoms with Gasteiger partial charge in [0.05, 0.1) is 0 Å². The lowest BCUT2D eigenvalue weighted by atomic mass is 10.1. The van der Waals surface area contributed by atoms with Gasteiger partial charge < -0.3 is 15.3 Å². The van der Waals surface area contributed by atoms with Crippen LogP contribution in [0.1, 0.15) is 12.5 Å². The summed E-state index contributed by atoms with van der Waals surface area (Å²) in [6.07, 6.45) is 1.71. The Morgan fingerprint density at radius 3 is 1.91 bits per heavy atom. The van der Waals surface area contributed by atoms with E-state index in [2.05, 4.69) is 0 Å². The molecule has 1 radical (unpaired) electrons. The molecule has 3 nitrogen and oxygen atoms in total. The van der Waals surface area contributed by atoms with Crippen molar-refractivity contribution in [1.82, 2.24) is 0 Å². The van der Waals surface area contributed by atoms with E-state index in [4.69, 9.17) is 15.3 Å². The molecule has 0 aliphatic rings. The van der Waals surface area contributed by atoms with Crippen molar-refractivity contribution in [1.29, 1.82) is 0 Å². The molecule has 0 aliphatic heterocycles. The molecule has 11 heavy (non-hydrogen) atoms. The Morgan fingerprint density at radius 2 is 1.55 bits per heavy atom. The number of hydrogen-bond acceptors (Lipinski definition) is 3. The maximum Gasteiger partial charge on any atom is 0.200 e. The Kier molecular flexibility index (Phi) is 1.89. The number of benzene rings is 1. The number of phenolic OH excluding ortho intramolecular Hbond substituents is 3. The van der Waals surface area contributed by atoms with E-state index in [1.807, 2.05) is 0 Å². The quantitative estimate of drug-likeness (QED) is 0.534. The highest BCUT2D eigenvalue weighted by atomic mass is 16.3. The first-order valence-electron chi connectivity index (χ1n) is 3.19. The molecule has 0 heterocycles. The highest BCUT2D eigenvalue weighted by molar-refractivity contribution is 5.52. The second kappa shape index (κ2) is 2.70. The van der Waals surface area contributed by atoms with Gasteiger partial charge in [-0.1, -0.05) is 6.92 Å². The molecule has 0 aliphatic carbocycles. The van der Waals surface area contributed by atoms with E-state index in [-0.39, 0.29) is 11.5 Å². The predicted molar refractivity (Wildman–Crippen MR) is 40.5 cm³/mol. The van der Waals surface area contributed by atoms with E-state index in [0.29, 0.717) is 5.56 Å². The van der Waals surface area contributed by atoms with Crippen molar-refractivity contribution < 1.29 is 15.3 Å². The molecule has 0 fully saturated rings. The maximum absolute atomic E-state index is 8.98. The van der Waals surface area contributed by atoms with Gasteiger partial charge >= 0.3 is 0 Å². The Balaban J connectivity index is 3.21. The molecule has 59 valence electrons. The van der Waals surface area contributed by atoms with Crippen LogP contribution in [0, 0.1) is 6.42 Å². The summed E-state index contributed by atoms with van der Waals surface area (Å²) in [6, 6.07) is 2.74. The van der Waals surface area contributed by atoms with Crippen LogP contribution in [0.15, 0.2) is 12.1 Å². The molecule has 1 aromatic rings. The Hall–Kier alpha value is -1.38. The summed E-state index contributed by atoms with van der Waals surface area (Å²) >= 11 is 0. The molecular weight excluding hydrogens is 144 g/mol. The lowest BCUT2D eigenvalue weighted by molar-refractivity contribution is 0.367. The van der Waals surface area contributed by atoms with Gasteiger partial charge in [-0.15, -0.1) is 0 Å². The maximum atomic E-state index is 8.98. The molecule has 0 aromatic heterocycles. The highest BCUT2D eigenvalue weighted by Crippen LogP contribution is 2.35. The van der Waals surface area contributed by atoms with E-state index in [0.717, 1.165) is 0 Å². The van der Waals surface area contributed by atoms with E-state index >= 15 is 0 Å². The van der Waals surface area contributed by atoms with Gasteiger partial charge in [-0.25, -0.2) is 0 Å². The van der Waals surface area contributed by atoms with Crippen LogP contribution in [0.5, 0.6) is 17.2 Å². The SMILES string of the molecule is C[CH]c1cc(O)c(O)c(O)c1. The molecule has 0 amide bonds. The average Bonchev–Trinajstić information content (AvgIpc) is 1.99. The minimum atomic E-state index is -0.476. The van der Waals surface area contributed by atoms with Gasteiger partial charge in [0.15, 0.2) is 17.2 Å². The minimum Gasteiger partial charge on any atom is -0.504 e. The Labute approximate surface area is 64.5 Å². The fourth-order valence-electron chi connectivity index (χ4n) is 0.792. The fourth-order valence-corrected chi connectivity index (χ4v) is 0.792. The van der Waals surface area contributed by atoms with E-state index in [1.165, 1.54) is 12.1 Å². The summed E-state index contributed by atoms with van der Waals surface area (Å²) < 4.78 is 0. The molecule has 1 rings (SSSR count). The number of aromatic hydroxyl groups is 3. The van der Waals surface area contributed by atoms with Crippen molar-refractivity contribution in [3.05, 3.63) is 24.1 Å².